The molecule has 0 aromatic heterocycles. The zero-order chi connectivity index (χ0) is 12.3. The molecule has 4 N–H and O–H groups in total. The summed E-state index contributed by atoms with van der Waals surface area (Å²) in [7, 11) is 0. The highest BCUT2D eigenvalue weighted by atomic mass is 16.6. The van der Waals surface area contributed by atoms with Gasteiger partial charge in [0.15, 0.2) is 11.9 Å². The summed E-state index contributed by atoms with van der Waals surface area (Å²) in [5.74, 6) is -2.73. The molecule has 0 aliphatic carbocycles. The van der Waals surface area contributed by atoms with Crippen molar-refractivity contribution in [3.63, 3.8) is 0 Å². The third-order valence-electron chi connectivity index (χ3n) is 2.50. The molecule has 92 valence electrons. The Kier molecular flexibility index (Phi) is 4.14. The first-order chi connectivity index (χ1) is 7.49. The van der Waals surface area contributed by atoms with E-state index in [4.69, 9.17) is 5.11 Å². The van der Waals surface area contributed by atoms with Crippen LogP contribution in [0.2, 0.25) is 0 Å². The molecular formula is C10H16O6. The molecule has 1 rings (SSSR count). The van der Waals surface area contributed by atoms with Crippen LogP contribution in [0.25, 0.3) is 0 Å². The Hall–Kier alpha value is -1.27. The highest BCUT2D eigenvalue weighted by molar-refractivity contribution is 5.89. The van der Waals surface area contributed by atoms with Crippen molar-refractivity contribution in [2.45, 2.75) is 44.5 Å². The monoisotopic (exact) mass is 232 g/mol. The lowest BCUT2D eigenvalue weighted by atomic mass is 10.0. The predicted octanol–water partition coefficient (Wildman–Crippen LogP) is 0.151. The van der Waals surface area contributed by atoms with Crippen molar-refractivity contribution in [1.82, 2.24) is 0 Å². The summed E-state index contributed by atoms with van der Waals surface area (Å²) in [6.07, 6.45) is -2.03. The number of rotatable bonds is 5. The molecule has 0 saturated heterocycles. The summed E-state index contributed by atoms with van der Waals surface area (Å²) in [6.45, 7) is 1.93. The lowest BCUT2D eigenvalue weighted by Crippen LogP contribution is -2.38. The quantitative estimate of drug-likeness (QED) is 0.503. The van der Waals surface area contributed by atoms with Gasteiger partial charge in [0.1, 0.15) is 6.10 Å². The first-order valence-corrected chi connectivity index (χ1v) is 5.18. The van der Waals surface area contributed by atoms with Crippen molar-refractivity contribution in [3.05, 3.63) is 11.5 Å². The largest absolute Gasteiger partial charge is 0.505 e. The minimum Gasteiger partial charge on any atom is -0.505 e. The van der Waals surface area contributed by atoms with Crippen molar-refractivity contribution in [2.75, 3.05) is 0 Å². The Bertz CT molecular complexity index is 298. The second-order valence-corrected chi connectivity index (χ2v) is 3.76. The van der Waals surface area contributed by atoms with Gasteiger partial charge in [0, 0.05) is 0 Å². The van der Waals surface area contributed by atoms with E-state index in [9.17, 15) is 20.1 Å². The van der Waals surface area contributed by atoms with Crippen LogP contribution in [0.15, 0.2) is 11.5 Å². The number of hydrogen-bond acceptors (Lipinski definition) is 6. The zero-order valence-corrected chi connectivity index (χ0v) is 8.96. The van der Waals surface area contributed by atoms with Gasteiger partial charge < -0.3 is 25.2 Å². The fourth-order valence-electron chi connectivity index (χ4n) is 1.48. The molecule has 0 aromatic carbocycles. The number of unbranched alkanes of at least 4 members (excludes halogenated alkanes) is 1. The van der Waals surface area contributed by atoms with Crippen LogP contribution in [0.4, 0.5) is 0 Å². The first-order valence-electron chi connectivity index (χ1n) is 5.18. The van der Waals surface area contributed by atoms with E-state index < -0.39 is 35.8 Å². The van der Waals surface area contributed by atoms with Crippen molar-refractivity contribution in [2.24, 2.45) is 0 Å². The number of hydrogen-bond donors (Lipinski definition) is 4. The summed E-state index contributed by atoms with van der Waals surface area (Å²) in [4.78, 5) is 10.9. The standard InChI is InChI=1S/C10H16O6/c1-2-3-4-5(11)6(12)9-7(13)8(14)10(15)16-9/h5-6,9,11-14H,2-4H2,1H3/t5?,6?,9-/m1/s1. The normalized spacial score (nSPS) is 24.4. The van der Waals surface area contributed by atoms with Crippen LogP contribution in [0.3, 0.4) is 0 Å². The van der Waals surface area contributed by atoms with E-state index in [-0.39, 0.29) is 0 Å². The fraction of sp³-hybridized carbons (Fsp3) is 0.700. The van der Waals surface area contributed by atoms with E-state index in [1.54, 1.807) is 0 Å². The molecule has 0 amide bonds. The van der Waals surface area contributed by atoms with Crippen LogP contribution in [-0.2, 0) is 9.53 Å². The van der Waals surface area contributed by atoms with Gasteiger partial charge >= 0.3 is 5.97 Å². The summed E-state index contributed by atoms with van der Waals surface area (Å²) in [5.41, 5.74) is 0. The molecule has 3 atom stereocenters. The summed E-state index contributed by atoms with van der Waals surface area (Å²) in [5, 5.41) is 37.5. The van der Waals surface area contributed by atoms with E-state index in [1.807, 2.05) is 6.92 Å². The van der Waals surface area contributed by atoms with Crippen LogP contribution < -0.4 is 0 Å². The van der Waals surface area contributed by atoms with E-state index in [2.05, 4.69) is 4.74 Å². The van der Waals surface area contributed by atoms with Gasteiger partial charge in [-0.2, -0.15) is 0 Å². The number of cyclic esters (lactones) is 1. The molecule has 0 fully saturated rings. The van der Waals surface area contributed by atoms with Crippen LogP contribution in [0.1, 0.15) is 26.2 Å². The predicted molar refractivity (Wildman–Crippen MR) is 53.7 cm³/mol. The maximum absolute atomic E-state index is 10.9. The van der Waals surface area contributed by atoms with Gasteiger partial charge in [0.2, 0.25) is 5.76 Å². The Morgan fingerprint density at radius 1 is 1.38 bits per heavy atom. The second kappa shape index (κ2) is 5.18. The smallest absolute Gasteiger partial charge is 0.377 e. The van der Waals surface area contributed by atoms with Gasteiger partial charge in [-0.25, -0.2) is 4.79 Å². The molecule has 1 heterocycles. The Balaban J connectivity index is 2.62. The molecule has 0 aromatic rings. The third kappa shape index (κ3) is 2.45. The molecule has 1 aliphatic rings. The molecule has 2 unspecified atom stereocenters. The molecule has 0 bridgehead atoms. The van der Waals surface area contributed by atoms with Crippen molar-refractivity contribution >= 4 is 5.97 Å². The van der Waals surface area contributed by atoms with Crippen molar-refractivity contribution in [1.29, 1.82) is 0 Å². The maximum atomic E-state index is 10.9. The van der Waals surface area contributed by atoms with Gasteiger partial charge in [-0.15, -0.1) is 0 Å². The average molecular weight is 232 g/mol. The zero-order valence-electron chi connectivity index (χ0n) is 8.96. The molecule has 0 saturated carbocycles. The minimum absolute atomic E-state index is 0.333. The van der Waals surface area contributed by atoms with E-state index in [0.717, 1.165) is 6.42 Å². The highest BCUT2D eigenvalue weighted by Crippen LogP contribution is 2.24. The fourth-order valence-corrected chi connectivity index (χ4v) is 1.48. The number of aliphatic hydroxyl groups excluding tert-OH is 4. The van der Waals surface area contributed by atoms with Gasteiger partial charge in [0.25, 0.3) is 0 Å². The Labute approximate surface area is 92.8 Å². The molecule has 6 heteroatoms. The SMILES string of the molecule is CCCCC(O)C(O)[C@H]1OC(=O)C(O)=C1O. The molecular weight excluding hydrogens is 216 g/mol. The molecule has 1 aliphatic heterocycles. The number of carbonyl (C=O) groups excluding carboxylic acids is 1. The number of carbonyl (C=O) groups is 1. The Morgan fingerprint density at radius 3 is 2.44 bits per heavy atom. The second-order valence-electron chi connectivity index (χ2n) is 3.76. The lowest BCUT2D eigenvalue weighted by molar-refractivity contribution is -0.150. The van der Waals surface area contributed by atoms with Crippen LogP contribution in [-0.4, -0.2) is 44.7 Å². The molecule has 0 spiro atoms. The molecule has 6 nitrogen and oxygen atoms in total. The molecule has 16 heavy (non-hydrogen) atoms. The maximum Gasteiger partial charge on any atom is 0.377 e. The minimum atomic E-state index is -1.43. The highest BCUT2D eigenvalue weighted by Gasteiger charge is 2.41. The average Bonchev–Trinajstić information content (AvgIpc) is 2.52. The van der Waals surface area contributed by atoms with Crippen molar-refractivity contribution < 1.29 is 30.0 Å². The van der Waals surface area contributed by atoms with Gasteiger partial charge in [-0.3, -0.25) is 0 Å². The van der Waals surface area contributed by atoms with Gasteiger partial charge in [0.05, 0.1) is 6.10 Å². The van der Waals surface area contributed by atoms with E-state index in [1.165, 1.54) is 0 Å². The van der Waals surface area contributed by atoms with Gasteiger partial charge in [-0.1, -0.05) is 19.8 Å². The topological polar surface area (TPSA) is 107 Å². The number of aliphatic hydroxyl groups is 4. The Morgan fingerprint density at radius 2 is 2.00 bits per heavy atom. The van der Waals surface area contributed by atoms with E-state index >= 15 is 0 Å². The van der Waals surface area contributed by atoms with Crippen LogP contribution >= 0.6 is 0 Å². The van der Waals surface area contributed by atoms with Crippen LogP contribution in [0.5, 0.6) is 0 Å². The van der Waals surface area contributed by atoms with E-state index in [0.29, 0.717) is 12.8 Å². The van der Waals surface area contributed by atoms with Crippen LogP contribution in [0, 0.1) is 0 Å². The molecule has 0 radical (unpaired) electrons. The third-order valence-corrected chi connectivity index (χ3v) is 2.50. The number of esters is 1. The van der Waals surface area contributed by atoms with Gasteiger partial charge in [-0.05, 0) is 6.42 Å². The summed E-state index contributed by atoms with van der Waals surface area (Å²) < 4.78 is 4.53. The number of ether oxygens (including phenoxy) is 1. The lowest BCUT2D eigenvalue weighted by Gasteiger charge is -2.22. The van der Waals surface area contributed by atoms with Crippen molar-refractivity contribution in [3.8, 4) is 0 Å². The summed E-state index contributed by atoms with van der Waals surface area (Å²) in [6, 6.07) is 0. The summed E-state index contributed by atoms with van der Waals surface area (Å²) >= 11 is 0. The first kappa shape index (κ1) is 12.8.